The minimum atomic E-state index is 0.274. The summed E-state index contributed by atoms with van der Waals surface area (Å²) in [5.41, 5.74) is 5.30. The SMILES string of the molecule is NCc1noc(-c2cnns2)n1. The first-order valence-electron chi connectivity index (χ1n) is 3.20. The van der Waals surface area contributed by atoms with Gasteiger partial charge in [-0.1, -0.05) is 9.64 Å². The highest BCUT2D eigenvalue weighted by atomic mass is 32.1. The fraction of sp³-hybridized carbons (Fsp3) is 0.200. The summed E-state index contributed by atoms with van der Waals surface area (Å²) in [7, 11) is 0. The Hall–Kier alpha value is -1.34. The first kappa shape index (κ1) is 7.32. The van der Waals surface area contributed by atoms with E-state index >= 15 is 0 Å². The van der Waals surface area contributed by atoms with Crippen molar-refractivity contribution in [2.45, 2.75) is 6.54 Å². The monoisotopic (exact) mass is 183 g/mol. The van der Waals surface area contributed by atoms with Crippen molar-refractivity contribution in [3.63, 3.8) is 0 Å². The summed E-state index contributed by atoms with van der Waals surface area (Å²) in [6.45, 7) is 0.274. The van der Waals surface area contributed by atoms with E-state index in [4.69, 9.17) is 10.3 Å². The molecule has 0 bridgehead atoms. The van der Waals surface area contributed by atoms with Crippen molar-refractivity contribution < 1.29 is 4.52 Å². The van der Waals surface area contributed by atoms with E-state index in [-0.39, 0.29) is 6.54 Å². The van der Waals surface area contributed by atoms with E-state index in [0.717, 1.165) is 4.88 Å². The normalized spacial score (nSPS) is 10.4. The Morgan fingerprint density at radius 2 is 2.50 bits per heavy atom. The third-order valence-electron chi connectivity index (χ3n) is 1.22. The number of hydrogen-bond acceptors (Lipinski definition) is 7. The van der Waals surface area contributed by atoms with Crippen LogP contribution < -0.4 is 5.73 Å². The van der Waals surface area contributed by atoms with E-state index in [1.165, 1.54) is 11.5 Å². The van der Waals surface area contributed by atoms with Gasteiger partial charge in [0, 0.05) is 0 Å². The number of nitrogens with zero attached hydrogens (tertiary/aromatic N) is 4. The van der Waals surface area contributed by atoms with E-state index in [1.807, 2.05) is 0 Å². The molecule has 0 unspecified atom stereocenters. The van der Waals surface area contributed by atoms with Gasteiger partial charge >= 0.3 is 0 Å². The van der Waals surface area contributed by atoms with Crippen LogP contribution in [0.4, 0.5) is 0 Å². The molecule has 2 aromatic rings. The molecule has 2 heterocycles. The van der Waals surface area contributed by atoms with Gasteiger partial charge in [-0.3, -0.25) is 0 Å². The summed E-state index contributed by atoms with van der Waals surface area (Å²) < 4.78 is 8.56. The molecule has 0 aliphatic carbocycles. The van der Waals surface area contributed by atoms with Gasteiger partial charge in [0.15, 0.2) is 5.82 Å². The average molecular weight is 183 g/mol. The molecule has 2 rings (SSSR count). The van der Waals surface area contributed by atoms with Crippen molar-refractivity contribution in [2.24, 2.45) is 5.73 Å². The van der Waals surface area contributed by atoms with Gasteiger partial charge < -0.3 is 10.3 Å². The van der Waals surface area contributed by atoms with E-state index in [9.17, 15) is 0 Å². The molecule has 0 aromatic carbocycles. The second-order valence-electron chi connectivity index (χ2n) is 2.00. The summed E-state index contributed by atoms with van der Waals surface area (Å²) >= 11 is 1.20. The van der Waals surface area contributed by atoms with Crippen LogP contribution in [0.25, 0.3) is 10.8 Å². The molecular formula is C5H5N5OS. The van der Waals surface area contributed by atoms with Crippen LogP contribution in [0.5, 0.6) is 0 Å². The van der Waals surface area contributed by atoms with Crippen LogP contribution in [-0.4, -0.2) is 19.7 Å². The predicted octanol–water partition coefficient (Wildman–Crippen LogP) is 0.0468. The number of aromatic nitrogens is 4. The highest BCUT2D eigenvalue weighted by Gasteiger charge is 2.08. The van der Waals surface area contributed by atoms with Gasteiger partial charge in [-0.05, 0) is 11.5 Å². The largest absolute Gasteiger partial charge is 0.333 e. The summed E-state index contributed by atoms with van der Waals surface area (Å²) in [6.07, 6.45) is 1.57. The summed E-state index contributed by atoms with van der Waals surface area (Å²) in [4.78, 5) is 4.75. The molecule has 7 heteroatoms. The van der Waals surface area contributed by atoms with Crippen LogP contribution >= 0.6 is 11.5 Å². The molecule has 0 atom stereocenters. The smallest absolute Gasteiger partial charge is 0.271 e. The van der Waals surface area contributed by atoms with Crippen LogP contribution in [0.3, 0.4) is 0 Å². The lowest BCUT2D eigenvalue weighted by Crippen LogP contribution is -1.97. The molecule has 2 aromatic heterocycles. The zero-order valence-corrected chi connectivity index (χ0v) is 6.78. The lowest BCUT2D eigenvalue weighted by molar-refractivity contribution is 0.423. The molecule has 6 nitrogen and oxygen atoms in total. The Labute approximate surface area is 71.6 Å². The van der Waals surface area contributed by atoms with Crippen molar-refractivity contribution in [2.75, 3.05) is 0 Å². The molecule has 12 heavy (non-hydrogen) atoms. The fourth-order valence-electron chi connectivity index (χ4n) is 0.698. The fourth-order valence-corrected chi connectivity index (χ4v) is 1.14. The molecule has 0 amide bonds. The van der Waals surface area contributed by atoms with Gasteiger partial charge in [0.1, 0.15) is 4.88 Å². The molecule has 0 spiro atoms. The van der Waals surface area contributed by atoms with Crippen molar-refractivity contribution in [1.82, 2.24) is 19.7 Å². The molecule has 2 N–H and O–H groups in total. The maximum atomic E-state index is 5.30. The van der Waals surface area contributed by atoms with Crippen LogP contribution in [0.15, 0.2) is 10.7 Å². The maximum absolute atomic E-state index is 5.30. The number of nitrogens with two attached hydrogens (primary N) is 1. The number of rotatable bonds is 2. The molecule has 0 fully saturated rings. The molecule has 0 saturated carbocycles. The van der Waals surface area contributed by atoms with Gasteiger partial charge in [0.25, 0.3) is 5.89 Å². The quantitative estimate of drug-likeness (QED) is 0.707. The molecule has 0 saturated heterocycles. The van der Waals surface area contributed by atoms with Crippen LogP contribution in [0, 0.1) is 0 Å². The lowest BCUT2D eigenvalue weighted by Gasteiger charge is -1.79. The van der Waals surface area contributed by atoms with Crippen molar-refractivity contribution in [1.29, 1.82) is 0 Å². The van der Waals surface area contributed by atoms with Gasteiger partial charge in [-0.25, -0.2) is 0 Å². The van der Waals surface area contributed by atoms with Gasteiger partial charge in [0.05, 0.1) is 12.7 Å². The Balaban J connectivity index is 2.35. The van der Waals surface area contributed by atoms with Crippen molar-refractivity contribution in [3.05, 3.63) is 12.0 Å². The minimum absolute atomic E-state index is 0.274. The third kappa shape index (κ3) is 1.19. The maximum Gasteiger partial charge on any atom is 0.271 e. The predicted molar refractivity (Wildman–Crippen MR) is 41.1 cm³/mol. The van der Waals surface area contributed by atoms with Gasteiger partial charge in [0.2, 0.25) is 0 Å². The molecular weight excluding hydrogens is 178 g/mol. The highest BCUT2D eigenvalue weighted by molar-refractivity contribution is 7.09. The van der Waals surface area contributed by atoms with E-state index in [0.29, 0.717) is 11.7 Å². The Morgan fingerprint density at radius 1 is 1.58 bits per heavy atom. The zero-order valence-electron chi connectivity index (χ0n) is 5.97. The van der Waals surface area contributed by atoms with Crippen LogP contribution in [-0.2, 0) is 6.54 Å². The summed E-state index contributed by atoms with van der Waals surface area (Å²) in [6, 6.07) is 0. The zero-order chi connectivity index (χ0) is 8.39. The molecule has 0 aliphatic rings. The highest BCUT2D eigenvalue weighted by Crippen LogP contribution is 2.18. The van der Waals surface area contributed by atoms with Crippen LogP contribution in [0.2, 0.25) is 0 Å². The Bertz CT molecular complexity index is 356. The molecule has 62 valence electrons. The van der Waals surface area contributed by atoms with Gasteiger partial charge in [-0.2, -0.15) is 4.98 Å². The minimum Gasteiger partial charge on any atom is -0.333 e. The first-order chi connectivity index (χ1) is 5.90. The first-order valence-corrected chi connectivity index (χ1v) is 3.98. The standard InChI is InChI=1S/C5H5N5OS/c6-1-4-8-5(11-9-4)3-2-7-10-12-3/h2H,1,6H2. The van der Waals surface area contributed by atoms with E-state index < -0.39 is 0 Å². The Kier molecular flexibility index (Phi) is 1.80. The molecule has 0 radical (unpaired) electrons. The van der Waals surface area contributed by atoms with Crippen molar-refractivity contribution >= 4 is 11.5 Å². The second-order valence-corrected chi connectivity index (χ2v) is 2.79. The summed E-state index contributed by atoms with van der Waals surface area (Å²) in [5.74, 6) is 0.906. The number of hydrogen-bond donors (Lipinski definition) is 1. The van der Waals surface area contributed by atoms with E-state index in [1.54, 1.807) is 6.20 Å². The van der Waals surface area contributed by atoms with Crippen LogP contribution in [0.1, 0.15) is 5.82 Å². The van der Waals surface area contributed by atoms with E-state index in [2.05, 4.69) is 19.7 Å². The van der Waals surface area contributed by atoms with Gasteiger partial charge in [-0.15, -0.1) is 5.10 Å². The molecule has 0 aliphatic heterocycles. The average Bonchev–Trinajstić information content (AvgIpc) is 2.75. The summed E-state index contributed by atoms with van der Waals surface area (Å²) in [5, 5.41) is 7.27. The van der Waals surface area contributed by atoms with Crippen molar-refractivity contribution in [3.8, 4) is 10.8 Å². The Morgan fingerprint density at radius 3 is 3.08 bits per heavy atom. The second kappa shape index (κ2) is 2.95. The topological polar surface area (TPSA) is 90.7 Å². The third-order valence-corrected chi connectivity index (χ3v) is 1.88. The lowest BCUT2D eigenvalue weighted by atomic mass is 10.5.